The molecule has 0 spiro atoms. The molecule has 6 heteroatoms. The molecular weight excluding hydrogens is 254 g/mol. The van der Waals surface area contributed by atoms with Crippen LogP contribution in [0, 0.1) is 0 Å². The lowest BCUT2D eigenvalue weighted by Crippen LogP contribution is -2.01. The van der Waals surface area contributed by atoms with Gasteiger partial charge in [0, 0.05) is 0 Å². The van der Waals surface area contributed by atoms with Crippen molar-refractivity contribution in [2.45, 2.75) is 0 Å². The maximum absolute atomic E-state index is 5.61. The van der Waals surface area contributed by atoms with Gasteiger partial charge >= 0.3 is 0 Å². The minimum absolute atomic E-state index is 0.156. The van der Waals surface area contributed by atoms with Crippen molar-refractivity contribution in [3.63, 3.8) is 0 Å². The Morgan fingerprint density at radius 3 is 2.90 bits per heavy atom. The summed E-state index contributed by atoms with van der Waals surface area (Å²) in [5, 5.41) is 7.35. The number of fused-ring (bicyclic) bond motifs is 1. The number of anilines is 1. The molecule has 0 bridgehead atoms. The van der Waals surface area contributed by atoms with Gasteiger partial charge in [0.2, 0.25) is 11.8 Å². The maximum Gasteiger partial charge on any atom is 0.229 e. The quantitative estimate of drug-likeness (QED) is 0.754. The smallest absolute Gasteiger partial charge is 0.229 e. The lowest BCUT2D eigenvalue weighted by Gasteiger charge is -2.03. The van der Waals surface area contributed by atoms with Crippen LogP contribution in [0.25, 0.3) is 17.1 Å². The first kappa shape index (κ1) is 12.2. The average molecular weight is 267 g/mol. The number of nitrogens with zero attached hydrogens (tertiary/aromatic N) is 3. The predicted octanol–water partition coefficient (Wildman–Crippen LogP) is 2.03. The van der Waals surface area contributed by atoms with Crippen LogP contribution in [0.4, 0.5) is 5.95 Å². The molecule has 3 N–H and O–H groups in total. The first-order chi connectivity index (χ1) is 9.83. The van der Waals surface area contributed by atoms with E-state index in [-0.39, 0.29) is 5.95 Å². The van der Waals surface area contributed by atoms with Crippen LogP contribution < -0.4 is 10.5 Å². The summed E-state index contributed by atoms with van der Waals surface area (Å²) < 4.78 is 5.60. The zero-order valence-corrected chi connectivity index (χ0v) is 10.7. The minimum Gasteiger partial charge on any atom is -0.473 e. The molecule has 2 heterocycles. The Balaban J connectivity index is 1.71. The number of nitrogens with two attached hydrogens (primary N) is 1. The van der Waals surface area contributed by atoms with Crippen molar-refractivity contribution in [2.24, 2.45) is 0 Å². The Morgan fingerprint density at radius 2 is 2.05 bits per heavy atom. The second kappa shape index (κ2) is 5.40. The van der Waals surface area contributed by atoms with Crippen LogP contribution in [-0.4, -0.2) is 26.8 Å². The molecule has 0 aliphatic carbocycles. The van der Waals surface area contributed by atoms with Gasteiger partial charge < -0.3 is 10.5 Å². The largest absolute Gasteiger partial charge is 0.473 e. The molecule has 0 amide bonds. The van der Waals surface area contributed by atoms with Crippen molar-refractivity contribution in [1.82, 2.24) is 20.2 Å². The van der Waals surface area contributed by atoms with E-state index in [0.717, 1.165) is 5.56 Å². The molecule has 0 radical (unpaired) electrons. The van der Waals surface area contributed by atoms with E-state index in [2.05, 4.69) is 20.2 Å². The molecule has 0 unspecified atom stereocenters. The van der Waals surface area contributed by atoms with Crippen LogP contribution in [0.2, 0.25) is 0 Å². The molecule has 0 fully saturated rings. The van der Waals surface area contributed by atoms with Gasteiger partial charge in [0.25, 0.3) is 0 Å². The average Bonchev–Trinajstić information content (AvgIpc) is 2.92. The van der Waals surface area contributed by atoms with Crippen molar-refractivity contribution in [3.05, 3.63) is 48.2 Å². The summed E-state index contributed by atoms with van der Waals surface area (Å²) in [4.78, 5) is 8.09. The molecule has 0 saturated carbocycles. The van der Waals surface area contributed by atoms with E-state index in [9.17, 15) is 0 Å². The number of H-pyrrole nitrogens is 1. The van der Waals surface area contributed by atoms with Crippen molar-refractivity contribution < 1.29 is 4.74 Å². The number of benzene rings is 1. The lowest BCUT2D eigenvalue weighted by molar-refractivity contribution is 0.354. The highest BCUT2D eigenvalue weighted by molar-refractivity contribution is 5.80. The van der Waals surface area contributed by atoms with Crippen LogP contribution in [0.1, 0.15) is 5.56 Å². The molecule has 2 aromatic heterocycles. The molecule has 0 aliphatic heterocycles. The molecule has 6 nitrogen and oxygen atoms in total. The summed E-state index contributed by atoms with van der Waals surface area (Å²) >= 11 is 0. The van der Waals surface area contributed by atoms with Gasteiger partial charge in [0.1, 0.15) is 12.0 Å². The first-order valence-corrected chi connectivity index (χ1v) is 6.14. The van der Waals surface area contributed by atoms with Crippen LogP contribution in [0.3, 0.4) is 0 Å². The Labute approximate surface area is 115 Å². The SMILES string of the molecule is Nc1nc(OC/C=C/c2ccccc2)c2cn[nH]c2n1. The highest BCUT2D eigenvalue weighted by atomic mass is 16.5. The highest BCUT2D eigenvalue weighted by Crippen LogP contribution is 2.20. The monoisotopic (exact) mass is 267 g/mol. The zero-order valence-electron chi connectivity index (χ0n) is 10.7. The Bertz CT molecular complexity index is 736. The second-order valence-electron chi connectivity index (χ2n) is 4.14. The van der Waals surface area contributed by atoms with Crippen LogP contribution in [0.15, 0.2) is 42.6 Å². The number of hydrogen-bond donors (Lipinski definition) is 2. The predicted molar refractivity (Wildman–Crippen MR) is 77.1 cm³/mol. The summed E-state index contributed by atoms with van der Waals surface area (Å²) in [6, 6.07) is 10.00. The van der Waals surface area contributed by atoms with Gasteiger partial charge in [-0.25, -0.2) is 0 Å². The van der Waals surface area contributed by atoms with Gasteiger partial charge in [-0.3, -0.25) is 5.10 Å². The normalized spacial score (nSPS) is 11.2. The standard InChI is InChI=1S/C14H13N5O/c15-14-17-12-11(9-16-19-12)13(18-14)20-8-4-7-10-5-2-1-3-6-10/h1-7,9H,8H2,(H3,15,16,17,18,19)/b7-4+. The molecule has 1 aromatic carbocycles. The number of aromatic nitrogens is 4. The number of aromatic amines is 1. The van der Waals surface area contributed by atoms with Gasteiger partial charge in [0.05, 0.1) is 6.20 Å². The fourth-order valence-corrected chi connectivity index (χ4v) is 1.81. The van der Waals surface area contributed by atoms with E-state index in [1.165, 1.54) is 0 Å². The molecule has 100 valence electrons. The van der Waals surface area contributed by atoms with E-state index in [1.807, 2.05) is 42.5 Å². The molecule has 20 heavy (non-hydrogen) atoms. The number of nitrogen functional groups attached to an aromatic ring is 1. The van der Waals surface area contributed by atoms with E-state index >= 15 is 0 Å². The molecule has 0 atom stereocenters. The molecule has 0 aliphatic rings. The van der Waals surface area contributed by atoms with E-state index in [4.69, 9.17) is 10.5 Å². The summed E-state index contributed by atoms with van der Waals surface area (Å²) in [5.74, 6) is 0.586. The second-order valence-corrected chi connectivity index (χ2v) is 4.14. The van der Waals surface area contributed by atoms with Crippen molar-refractivity contribution in [1.29, 1.82) is 0 Å². The molecule has 0 saturated heterocycles. The number of nitrogens with one attached hydrogen (secondary N) is 1. The third-order valence-electron chi connectivity index (χ3n) is 2.72. The van der Waals surface area contributed by atoms with Gasteiger partial charge in [-0.2, -0.15) is 15.1 Å². The van der Waals surface area contributed by atoms with Gasteiger partial charge in [-0.15, -0.1) is 0 Å². The molecular formula is C14H13N5O. The molecule has 3 rings (SSSR count). The Kier molecular flexibility index (Phi) is 3.28. The summed E-state index contributed by atoms with van der Waals surface area (Å²) in [6.07, 6.45) is 5.52. The third-order valence-corrected chi connectivity index (χ3v) is 2.72. The van der Waals surface area contributed by atoms with Crippen LogP contribution in [0.5, 0.6) is 5.88 Å². The summed E-state index contributed by atoms with van der Waals surface area (Å²) in [7, 11) is 0. The van der Waals surface area contributed by atoms with Crippen molar-refractivity contribution in [2.75, 3.05) is 12.3 Å². The zero-order chi connectivity index (χ0) is 13.8. The van der Waals surface area contributed by atoms with E-state index < -0.39 is 0 Å². The first-order valence-electron chi connectivity index (χ1n) is 6.14. The molecule has 3 aromatic rings. The Morgan fingerprint density at radius 1 is 1.20 bits per heavy atom. The van der Waals surface area contributed by atoms with Crippen LogP contribution >= 0.6 is 0 Å². The van der Waals surface area contributed by atoms with E-state index in [1.54, 1.807) is 6.20 Å². The van der Waals surface area contributed by atoms with E-state index in [0.29, 0.717) is 23.5 Å². The fraction of sp³-hybridized carbons (Fsp3) is 0.0714. The van der Waals surface area contributed by atoms with Gasteiger partial charge in [0.15, 0.2) is 5.65 Å². The van der Waals surface area contributed by atoms with Crippen LogP contribution in [-0.2, 0) is 0 Å². The Hall–Kier alpha value is -2.89. The van der Waals surface area contributed by atoms with Crippen molar-refractivity contribution >= 4 is 23.1 Å². The number of hydrogen-bond acceptors (Lipinski definition) is 5. The van der Waals surface area contributed by atoms with Gasteiger partial charge in [-0.1, -0.05) is 36.4 Å². The van der Waals surface area contributed by atoms with Crippen molar-refractivity contribution in [3.8, 4) is 5.88 Å². The summed E-state index contributed by atoms with van der Waals surface area (Å²) in [5.41, 5.74) is 7.30. The summed E-state index contributed by atoms with van der Waals surface area (Å²) in [6.45, 7) is 0.394. The number of ether oxygens (including phenoxy) is 1. The van der Waals surface area contributed by atoms with Gasteiger partial charge in [-0.05, 0) is 11.6 Å². The lowest BCUT2D eigenvalue weighted by atomic mass is 10.2. The topological polar surface area (TPSA) is 89.7 Å². The fourth-order valence-electron chi connectivity index (χ4n) is 1.81. The maximum atomic E-state index is 5.61. The highest BCUT2D eigenvalue weighted by Gasteiger charge is 2.08. The number of rotatable bonds is 4. The third kappa shape index (κ3) is 2.59. The minimum atomic E-state index is 0.156.